The molecule has 18 heavy (non-hydrogen) atoms. The van der Waals surface area contributed by atoms with Gasteiger partial charge in [-0.3, -0.25) is 4.79 Å². The van der Waals surface area contributed by atoms with E-state index in [1.165, 1.54) is 0 Å². The molecule has 1 atom stereocenters. The minimum atomic E-state index is -0.311. The van der Waals surface area contributed by atoms with Crippen molar-refractivity contribution in [3.05, 3.63) is 23.8 Å². The van der Waals surface area contributed by atoms with E-state index in [0.717, 1.165) is 11.3 Å². The molecule has 1 unspecified atom stereocenters. The number of hydrogen-bond acceptors (Lipinski definition) is 4. The maximum Gasteiger partial charge on any atom is 0.244 e. The average Bonchev–Trinajstić information content (AvgIpc) is 2.38. The molecule has 0 aromatic heterocycles. The highest BCUT2D eigenvalue weighted by molar-refractivity contribution is 5.87. The van der Waals surface area contributed by atoms with Crippen molar-refractivity contribution < 1.29 is 9.53 Å². The van der Waals surface area contributed by atoms with Gasteiger partial charge >= 0.3 is 0 Å². The molecule has 1 aromatic carbocycles. The molecular weight excluding hydrogens is 230 g/mol. The van der Waals surface area contributed by atoms with E-state index < -0.39 is 0 Å². The Labute approximate surface area is 107 Å². The number of nitrogens with two attached hydrogens (primary N) is 1. The molecule has 1 aliphatic heterocycles. The van der Waals surface area contributed by atoms with Crippen LogP contribution in [0.4, 0.5) is 11.4 Å². The van der Waals surface area contributed by atoms with Gasteiger partial charge in [-0.05, 0) is 24.6 Å². The van der Waals surface area contributed by atoms with Gasteiger partial charge in [-0.2, -0.15) is 0 Å². The predicted molar refractivity (Wildman–Crippen MR) is 71.6 cm³/mol. The maximum atomic E-state index is 11.9. The molecule has 1 aromatic rings. The number of nitrogen functional groups attached to an aromatic ring is 1. The molecule has 0 bridgehead atoms. The highest BCUT2D eigenvalue weighted by Gasteiger charge is 2.29. The van der Waals surface area contributed by atoms with E-state index in [9.17, 15) is 4.79 Å². The molecule has 0 radical (unpaired) electrons. The van der Waals surface area contributed by atoms with Gasteiger partial charge in [0.15, 0.2) is 0 Å². The lowest BCUT2D eigenvalue weighted by Gasteiger charge is -2.36. The van der Waals surface area contributed by atoms with E-state index in [1.54, 1.807) is 7.05 Å². The van der Waals surface area contributed by atoms with Crippen LogP contribution in [-0.2, 0) is 9.53 Å². The van der Waals surface area contributed by atoms with E-state index in [0.29, 0.717) is 25.4 Å². The van der Waals surface area contributed by atoms with E-state index in [4.69, 9.17) is 10.5 Å². The lowest BCUT2D eigenvalue weighted by Crippen LogP contribution is -2.53. The molecule has 5 heteroatoms. The molecule has 98 valence electrons. The quantitative estimate of drug-likeness (QED) is 0.750. The average molecular weight is 249 g/mol. The minimum absolute atomic E-state index is 0.0466. The Morgan fingerprint density at radius 2 is 2.33 bits per heavy atom. The zero-order chi connectivity index (χ0) is 13.1. The van der Waals surface area contributed by atoms with Crippen LogP contribution in [0.5, 0.6) is 0 Å². The van der Waals surface area contributed by atoms with Crippen molar-refractivity contribution in [1.82, 2.24) is 5.32 Å². The van der Waals surface area contributed by atoms with E-state index in [2.05, 4.69) is 5.32 Å². The van der Waals surface area contributed by atoms with E-state index in [-0.39, 0.29) is 11.9 Å². The topological polar surface area (TPSA) is 67.6 Å². The second kappa shape index (κ2) is 5.27. The highest BCUT2D eigenvalue weighted by Crippen LogP contribution is 2.27. The Hall–Kier alpha value is -1.75. The molecule has 0 aliphatic carbocycles. The van der Waals surface area contributed by atoms with E-state index >= 15 is 0 Å². The van der Waals surface area contributed by atoms with Gasteiger partial charge in [-0.1, -0.05) is 6.07 Å². The lowest BCUT2D eigenvalue weighted by atomic mass is 10.1. The summed E-state index contributed by atoms with van der Waals surface area (Å²) >= 11 is 0. The zero-order valence-corrected chi connectivity index (χ0v) is 10.8. The van der Waals surface area contributed by atoms with Gasteiger partial charge in [0.25, 0.3) is 0 Å². The number of aryl methyl sites for hydroxylation is 1. The van der Waals surface area contributed by atoms with Crippen LogP contribution in [0.15, 0.2) is 18.2 Å². The SMILES string of the molecule is CNC(=O)C1COCCN1c1ccc(C)cc1N. The summed E-state index contributed by atoms with van der Waals surface area (Å²) in [6.45, 7) is 3.68. The van der Waals surface area contributed by atoms with Gasteiger partial charge in [0.05, 0.1) is 24.6 Å². The summed E-state index contributed by atoms with van der Waals surface area (Å²) in [6.07, 6.45) is 0. The van der Waals surface area contributed by atoms with Crippen molar-refractivity contribution in [2.45, 2.75) is 13.0 Å². The van der Waals surface area contributed by atoms with E-state index in [1.807, 2.05) is 30.0 Å². The van der Waals surface area contributed by atoms with Crippen molar-refractivity contribution in [1.29, 1.82) is 0 Å². The number of morpholine rings is 1. The number of hydrogen-bond donors (Lipinski definition) is 2. The molecule has 1 fully saturated rings. The molecule has 5 nitrogen and oxygen atoms in total. The van der Waals surface area contributed by atoms with Crippen LogP contribution in [0.1, 0.15) is 5.56 Å². The van der Waals surface area contributed by atoms with Crippen molar-refractivity contribution in [2.24, 2.45) is 0 Å². The Morgan fingerprint density at radius 1 is 1.56 bits per heavy atom. The first-order chi connectivity index (χ1) is 8.63. The van der Waals surface area contributed by atoms with Gasteiger partial charge in [-0.25, -0.2) is 0 Å². The van der Waals surface area contributed by atoms with Crippen LogP contribution in [0.2, 0.25) is 0 Å². The van der Waals surface area contributed by atoms with Crippen LogP contribution in [0, 0.1) is 6.92 Å². The number of anilines is 2. The number of carbonyl (C=O) groups is 1. The van der Waals surface area contributed by atoms with Crippen molar-refractivity contribution >= 4 is 17.3 Å². The molecule has 1 heterocycles. The maximum absolute atomic E-state index is 11.9. The summed E-state index contributed by atoms with van der Waals surface area (Å²) in [5.41, 5.74) is 8.75. The summed E-state index contributed by atoms with van der Waals surface area (Å²) < 4.78 is 5.38. The first-order valence-corrected chi connectivity index (χ1v) is 6.05. The fraction of sp³-hybridized carbons (Fsp3) is 0.462. The second-order valence-corrected chi connectivity index (χ2v) is 4.46. The van der Waals surface area contributed by atoms with Gasteiger partial charge in [-0.15, -0.1) is 0 Å². The molecule has 0 saturated carbocycles. The normalized spacial score (nSPS) is 19.7. The summed E-state index contributed by atoms with van der Waals surface area (Å²) in [6, 6.07) is 5.58. The molecule has 2 rings (SSSR count). The van der Waals surface area contributed by atoms with Crippen LogP contribution >= 0.6 is 0 Å². The first-order valence-electron chi connectivity index (χ1n) is 6.05. The second-order valence-electron chi connectivity index (χ2n) is 4.46. The van der Waals surface area contributed by atoms with Crippen molar-refractivity contribution in [2.75, 3.05) is 37.4 Å². The third kappa shape index (κ3) is 2.41. The summed E-state index contributed by atoms with van der Waals surface area (Å²) in [7, 11) is 1.63. The fourth-order valence-corrected chi connectivity index (χ4v) is 2.21. The summed E-state index contributed by atoms with van der Waals surface area (Å²) in [5.74, 6) is -0.0466. The van der Waals surface area contributed by atoms with Crippen LogP contribution in [0.3, 0.4) is 0 Å². The van der Waals surface area contributed by atoms with Gasteiger partial charge in [0.2, 0.25) is 5.91 Å². The molecule has 3 N–H and O–H groups in total. The Bertz CT molecular complexity index is 448. The van der Waals surface area contributed by atoms with Crippen molar-refractivity contribution in [3.8, 4) is 0 Å². The van der Waals surface area contributed by atoms with Crippen LogP contribution in [0.25, 0.3) is 0 Å². The fourth-order valence-electron chi connectivity index (χ4n) is 2.21. The third-order valence-corrected chi connectivity index (χ3v) is 3.17. The monoisotopic (exact) mass is 249 g/mol. The first kappa shape index (κ1) is 12.7. The number of amides is 1. The third-order valence-electron chi connectivity index (χ3n) is 3.17. The molecule has 0 spiro atoms. The Kier molecular flexibility index (Phi) is 3.72. The predicted octanol–water partition coefficient (Wildman–Crippen LogP) is 0.528. The van der Waals surface area contributed by atoms with Gasteiger partial charge in [0, 0.05) is 13.6 Å². The minimum Gasteiger partial charge on any atom is -0.397 e. The number of likely N-dealkylation sites (N-methyl/N-ethyl adjacent to an activating group) is 1. The Balaban J connectivity index is 2.30. The highest BCUT2D eigenvalue weighted by atomic mass is 16.5. The van der Waals surface area contributed by atoms with Crippen molar-refractivity contribution in [3.63, 3.8) is 0 Å². The van der Waals surface area contributed by atoms with Crippen LogP contribution in [-0.4, -0.2) is 38.8 Å². The van der Waals surface area contributed by atoms with Crippen LogP contribution < -0.4 is 16.0 Å². The molecule has 1 saturated heterocycles. The Morgan fingerprint density at radius 3 is 3.00 bits per heavy atom. The summed E-state index contributed by atoms with van der Waals surface area (Å²) in [4.78, 5) is 13.9. The largest absolute Gasteiger partial charge is 0.397 e. The molecule has 1 aliphatic rings. The number of nitrogens with one attached hydrogen (secondary N) is 1. The smallest absolute Gasteiger partial charge is 0.244 e. The molecule has 1 amide bonds. The number of carbonyl (C=O) groups excluding carboxylic acids is 1. The van der Waals surface area contributed by atoms with Gasteiger partial charge < -0.3 is 20.7 Å². The number of rotatable bonds is 2. The van der Waals surface area contributed by atoms with Gasteiger partial charge in [0.1, 0.15) is 6.04 Å². The lowest BCUT2D eigenvalue weighted by molar-refractivity contribution is -0.124. The number of nitrogens with zero attached hydrogens (tertiary/aromatic N) is 1. The number of benzene rings is 1. The zero-order valence-electron chi connectivity index (χ0n) is 10.8. The summed E-state index contributed by atoms with van der Waals surface area (Å²) in [5, 5.41) is 2.66. The number of ether oxygens (including phenoxy) is 1. The molecular formula is C13H19N3O2. The standard InChI is InChI=1S/C13H19N3O2/c1-9-3-4-11(10(14)7-9)16-5-6-18-8-12(16)13(17)15-2/h3-4,7,12H,5-6,8,14H2,1-2H3,(H,15,17).